The zero-order valence-electron chi connectivity index (χ0n) is 12.1. The number of likely N-dealkylation sites (N-methyl/N-ethyl adjacent to an activating group) is 1. The van der Waals surface area contributed by atoms with Gasteiger partial charge in [-0.15, -0.1) is 0 Å². The quantitative estimate of drug-likeness (QED) is 0.630. The van der Waals surface area contributed by atoms with E-state index < -0.39 is 4.92 Å². The van der Waals surface area contributed by atoms with Crippen LogP contribution in [0, 0.1) is 27.4 Å². The lowest BCUT2D eigenvalue weighted by Gasteiger charge is -2.26. The van der Waals surface area contributed by atoms with E-state index in [9.17, 15) is 10.1 Å². The van der Waals surface area contributed by atoms with Crippen molar-refractivity contribution in [1.82, 2.24) is 9.88 Å². The number of nitrogens with zero attached hydrogens (tertiary/aromatic N) is 4. The second-order valence-corrected chi connectivity index (χ2v) is 5.19. The van der Waals surface area contributed by atoms with Crippen LogP contribution in [0.25, 0.3) is 0 Å². The van der Waals surface area contributed by atoms with Gasteiger partial charge in [-0.2, -0.15) is 5.26 Å². The molecular weight excluding hydrogens is 258 g/mol. The molecule has 1 aromatic rings. The van der Waals surface area contributed by atoms with Gasteiger partial charge in [-0.1, -0.05) is 13.8 Å². The fraction of sp³-hybridized carbons (Fsp3) is 0.538. The molecule has 1 atom stereocenters. The Labute approximate surface area is 118 Å². The predicted octanol–water partition coefficient (Wildman–Crippen LogP) is 1.86. The summed E-state index contributed by atoms with van der Waals surface area (Å²) < 4.78 is 0. The molecule has 0 radical (unpaired) electrons. The first-order valence-corrected chi connectivity index (χ1v) is 6.32. The van der Waals surface area contributed by atoms with Crippen LogP contribution in [0.15, 0.2) is 12.1 Å². The molecule has 0 bridgehead atoms. The number of hydrogen-bond acceptors (Lipinski definition) is 6. The molecule has 0 fully saturated rings. The molecule has 0 aliphatic heterocycles. The van der Waals surface area contributed by atoms with Crippen molar-refractivity contribution in [2.24, 2.45) is 5.92 Å². The summed E-state index contributed by atoms with van der Waals surface area (Å²) in [7, 11) is 3.95. The number of pyridine rings is 1. The number of nitriles is 1. The molecule has 7 heteroatoms. The van der Waals surface area contributed by atoms with Gasteiger partial charge in [-0.05, 0) is 26.1 Å². The Balaban J connectivity index is 2.97. The maximum atomic E-state index is 10.8. The van der Waals surface area contributed by atoms with Crippen LogP contribution >= 0.6 is 0 Å². The highest BCUT2D eigenvalue weighted by atomic mass is 16.6. The second kappa shape index (κ2) is 6.82. The van der Waals surface area contributed by atoms with Gasteiger partial charge in [0.15, 0.2) is 0 Å². The summed E-state index contributed by atoms with van der Waals surface area (Å²) in [6.07, 6.45) is 0. The number of rotatable bonds is 6. The van der Waals surface area contributed by atoms with Crippen LogP contribution in [-0.4, -0.2) is 41.5 Å². The van der Waals surface area contributed by atoms with E-state index in [0.717, 1.165) is 6.54 Å². The monoisotopic (exact) mass is 277 g/mol. The van der Waals surface area contributed by atoms with E-state index in [1.54, 1.807) is 6.07 Å². The van der Waals surface area contributed by atoms with Crippen LogP contribution in [0.3, 0.4) is 0 Å². The molecule has 1 N–H and O–H groups in total. The smallest absolute Gasteiger partial charge is 0.305 e. The highest BCUT2D eigenvalue weighted by Crippen LogP contribution is 2.19. The van der Waals surface area contributed by atoms with Crippen LogP contribution in [0.2, 0.25) is 0 Å². The molecule has 1 rings (SSSR count). The fourth-order valence-electron chi connectivity index (χ4n) is 1.77. The molecule has 1 heterocycles. The normalized spacial score (nSPS) is 12.2. The average Bonchev–Trinajstić information content (AvgIpc) is 2.36. The lowest BCUT2D eigenvalue weighted by molar-refractivity contribution is -0.385. The van der Waals surface area contributed by atoms with Crippen molar-refractivity contribution >= 4 is 11.5 Å². The maximum absolute atomic E-state index is 10.8. The van der Waals surface area contributed by atoms with E-state index in [4.69, 9.17) is 5.26 Å². The van der Waals surface area contributed by atoms with E-state index in [1.165, 1.54) is 12.1 Å². The van der Waals surface area contributed by atoms with Crippen molar-refractivity contribution in [3.05, 3.63) is 27.9 Å². The van der Waals surface area contributed by atoms with Crippen molar-refractivity contribution in [2.75, 3.05) is 26.0 Å². The van der Waals surface area contributed by atoms with Gasteiger partial charge < -0.3 is 10.2 Å². The van der Waals surface area contributed by atoms with Gasteiger partial charge in [0.05, 0.1) is 4.92 Å². The van der Waals surface area contributed by atoms with Gasteiger partial charge >= 0.3 is 5.69 Å². The summed E-state index contributed by atoms with van der Waals surface area (Å²) in [6, 6.07) is 4.74. The van der Waals surface area contributed by atoms with E-state index >= 15 is 0 Å². The number of hydrogen-bond donors (Lipinski definition) is 1. The molecule has 0 saturated carbocycles. The lowest BCUT2D eigenvalue weighted by Crippen LogP contribution is -2.36. The number of aromatic nitrogens is 1. The Hall–Kier alpha value is -2.20. The molecule has 0 amide bonds. The lowest BCUT2D eigenvalue weighted by atomic mass is 10.0. The number of nitrogens with one attached hydrogen (secondary N) is 1. The minimum absolute atomic E-state index is 0.144. The zero-order valence-corrected chi connectivity index (χ0v) is 12.1. The Morgan fingerprint density at radius 3 is 2.60 bits per heavy atom. The van der Waals surface area contributed by atoms with Crippen LogP contribution in [0.5, 0.6) is 0 Å². The van der Waals surface area contributed by atoms with E-state index in [2.05, 4.69) is 24.1 Å². The molecule has 20 heavy (non-hydrogen) atoms. The maximum Gasteiger partial charge on any atom is 0.305 e. The van der Waals surface area contributed by atoms with Gasteiger partial charge in [0.1, 0.15) is 11.9 Å². The van der Waals surface area contributed by atoms with Gasteiger partial charge in [0.25, 0.3) is 0 Å². The average molecular weight is 277 g/mol. The first-order chi connectivity index (χ1) is 9.35. The third-order valence-electron chi connectivity index (χ3n) is 2.88. The van der Waals surface area contributed by atoms with E-state index in [-0.39, 0.29) is 17.4 Å². The van der Waals surface area contributed by atoms with Crippen molar-refractivity contribution in [2.45, 2.75) is 19.9 Å². The zero-order chi connectivity index (χ0) is 15.3. The summed E-state index contributed by atoms with van der Waals surface area (Å²) in [5.74, 6) is 0.840. The fourth-order valence-corrected chi connectivity index (χ4v) is 1.77. The van der Waals surface area contributed by atoms with Crippen molar-refractivity contribution < 1.29 is 4.92 Å². The minimum atomic E-state index is -0.602. The van der Waals surface area contributed by atoms with E-state index in [1.807, 2.05) is 19.0 Å². The third-order valence-corrected chi connectivity index (χ3v) is 2.88. The summed E-state index contributed by atoms with van der Waals surface area (Å²) in [5, 5.41) is 22.9. The summed E-state index contributed by atoms with van der Waals surface area (Å²) in [6.45, 7) is 4.97. The number of nitro groups is 1. The van der Waals surface area contributed by atoms with Crippen LogP contribution in [0.1, 0.15) is 19.5 Å². The van der Waals surface area contributed by atoms with E-state index in [0.29, 0.717) is 11.7 Å². The topological polar surface area (TPSA) is 95.1 Å². The van der Waals surface area contributed by atoms with Gasteiger partial charge in [-0.25, -0.2) is 4.98 Å². The number of anilines is 1. The van der Waals surface area contributed by atoms with Crippen LogP contribution in [-0.2, 0) is 0 Å². The molecule has 0 spiro atoms. The molecule has 1 unspecified atom stereocenters. The third kappa shape index (κ3) is 4.17. The standard InChI is InChI=1S/C13H19N5O2/c1-9(2)11(8-17(3)4)16-13-6-5-12(18(19)20)10(7-14)15-13/h5-6,9,11H,8H2,1-4H3,(H,15,16). The summed E-state index contributed by atoms with van der Waals surface area (Å²) >= 11 is 0. The van der Waals surface area contributed by atoms with Crippen LogP contribution in [0.4, 0.5) is 11.5 Å². The Kier molecular flexibility index (Phi) is 5.41. The minimum Gasteiger partial charge on any atom is -0.366 e. The Morgan fingerprint density at radius 1 is 1.50 bits per heavy atom. The molecule has 1 aromatic heterocycles. The van der Waals surface area contributed by atoms with Gasteiger partial charge in [0, 0.05) is 18.7 Å². The molecule has 0 saturated heterocycles. The largest absolute Gasteiger partial charge is 0.366 e. The highest BCUT2D eigenvalue weighted by molar-refractivity contribution is 5.50. The molecule has 0 aliphatic rings. The SMILES string of the molecule is CC(C)C(CN(C)C)Nc1ccc([N+](=O)[O-])c(C#N)n1. The molecule has 0 aliphatic carbocycles. The Morgan fingerprint density at radius 2 is 2.15 bits per heavy atom. The predicted molar refractivity (Wildman–Crippen MR) is 76.4 cm³/mol. The second-order valence-electron chi connectivity index (χ2n) is 5.19. The Bertz CT molecular complexity index is 522. The summed E-state index contributed by atoms with van der Waals surface area (Å²) in [5.41, 5.74) is -0.445. The van der Waals surface area contributed by atoms with Crippen molar-refractivity contribution in [1.29, 1.82) is 5.26 Å². The molecular formula is C13H19N5O2. The highest BCUT2D eigenvalue weighted by Gasteiger charge is 2.18. The first-order valence-electron chi connectivity index (χ1n) is 6.32. The molecule has 0 aromatic carbocycles. The van der Waals surface area contributed by atoms with Crippen molar-refractivity contribution in [3.63, 3.8) is 0 Å². The molecule has 7 nitrogen and oxygen atoms in total. The van der Waals surface area contributed by atoms with Gasteiger partial charge in [-0.3, -0.25) is 10.1 Å². The van der Waals surface area contributed by atoms with Gasteiger partial charge in [0.2, 0.25) is 5.69 Å². The van der Waals surface area contributed by atoms with Crippen LogP contribution < -0.4 is 5.32 Å². The first kappa shape index (κ1) is 15.9. The molecule has 108 valence electrons. The summed E-state index contributed by atoms with van der Waals surface area (Å²) in [4.78, 5) is 16.2. The van der Waals surface area contributed by atoms with Crippen molar-refractivity contribution in [3.8, 4) is 6.07 Å².